The predicted octanol–water partition coefficient (Wildman–Crippen LogP) is 4.49. The van der Waals surface area contributed by atoms with E-state index in [1.807, 2.05) is 6.92 Å². The number of hydrogen-bond donors (Lipinski definition) is 3. The van der Waals surface area contributed by atoms with E-state index in [1.54, 1.807) is 40.7 Å². The van der Waals surface area contributed by atoms with E-state index < -0.39 is 44.8 Å². The maximum atomic E-state index is 15.2. The minimum Gasteiger partial charge on any atom is -0.381 e. The summed E-state index contributed by atoms with van der Waals surface area (Å²) in [6, 6.07) is 14.0. The summed E-state index contributed by atoms with van der Waals surface area (Å²) >= 11 is 0. The molecule has 12 heteroatoms. The predicted molar refractivity (Wildman–Crippen MR) is 166 cm³/mol. The number of ether oxygens (including phenoxy) is 1. The lowest BCUT2D eigenvalue weighted by molar-refractivity contribution is -0.120. The molecule has 3 aromatic rings. The number of piperazine rings is 1. The molecule has 5 rings (SSSR count). The lowest BCUT2D eigenvalue weighted by Gasteiger charge is -2.41. The first kappa shape index (κ1) is 33.1. The largest absolute Gasteiger partial charge is 0.381 e. The highest BCUT2D eigenvalue weighted by molar-refractivity contribution is 7.89. The molecule has 2 aliphatic heterocycles. The van der Waals surface area contributed by atoms with Crippen molar-refractivity contribution >= 4 is 21.6 Å². The Balaban J connectivity index is 1.32. The lowest BCUT2D eigenvalue weighted by atomic mass is 9.68. The monoisotopic (exact) mass is 644 g/mol. The average molecular weight is 645 g/mol. The molecule has 0 saturated carbocycles. The molecule has 2 aliphatic rings. The number of amides is 1. The molecule has 2 heterocycles. The molecule has 0 aromatic heterocycles. The van der Waals surface area contributed by atoms with Crippen LogP contribution in [-0.4, -0.2) is 63.1 Å². The zero-order valence-electron chi connectivity index (χ0n) is 25.1. The van der Waals surface area contributed by atoms with Crippen LogP contribution < -0.4 is 16.4 Å². The summed E-state index contributed by atoms with van der Waals surface area (Å²) in [6.07, 6.45) is 1.68. The van der Waals surface area contributed by atoms with Crippen molar-refractivity contribution < 1.29 is 31.1 Å². The molecular formula is C33H39F3N4O4S. The smallest absolute Gasteiger partial charge is 0.243 e. The number of sulfonamides is 1. The molecule has 2 fully saturated rings. The van der Waals surface area contributed by atoms with Crippen LogP contribution in [0.15, 0.2) is 71.6 Å². The quantitative estimate of drug-likeness (QED) is 0.300. The Morgan fingerprint density at radius 2 is 1.73 bits per heavy atom. The van der Waals surface area contributed by atoms with Crippen molar-refractivity contribution in [2.45, 2.75) is 67.5 Å². The Morgan fingerprint density at radius 3 is 2.42 bits per heavy atom. The highest BCUT2D eigenvalue weighted by Gasteiger charge is 2.44. The van der Waals surface area contributed by atoms with Gasteiger partial charge in [0.05, 0.1) is 10.9 Å². The molecule has 8 nitrogen and oxygen atoms in total. The summed E-state index contributed by atoms with van der Waals surface area (Å²) in [5, 5.41) is 6.07. The van der Waals surface area contributed by atoms with Crippen LogP contribution >= 0.6 is 0 Å². The molecule has 2 saturated heterocycles. The van der Waals surface area contributed by atoms with Gasteiger partial charge in [-0.2, -0.15) is 4.31 Å². The van der Waals surface area contributed by atoms with Crippen LogP contribution in [0.5, 0.6) is 0 Å². The minimum atomic E-state index is -3.75. The number of halogens is 3. The van der Waals surface area contributed by atoms with E-state index in [1.165, 1.54) is 24.3 Å². The van der Waals surface area contributed by atoms with Gasteiger partial charge in [-0.3, -0.25) is 4.79 Å². The van der Waals surface area contributed by atoms with E-state index in [0.717, 1.165) is 6.07 Å². The molecule has 242 valence electrons. The number of anilines is 1. The second-order valence-corrected chi connectivity index (χ2v) is 13.7. The zero-order valence-corrected chi connectivity index (χ0v) is 26.0. The SMILES string of the molecule is C[C@@H]1CNC[C@H](CCCc2c(F)cccc2NC(=O)[C@@H](N)C2(c3cc(F)cc(F)c3)CCOCC2)N1S(=O)(=O)c1ccccc1. The Hall–Kier alpha value is -3.29. The fraction of sp³-hybridized carbons (Fsp3) is 0.424. The zero-order chi connectivity index (χ0) is 32.2. The van der Waals surface area contributed by atoms with E-state index in [-0.39, 0.29) is 66.3 Å². The van der Waals surface area contributed by atoms with Gasteiger partial charge in [0.25, 0.3) is 0 Å². The van der Waals surface area contributed by atoms with E-state index in [2.05, 4.69) is 10.6 Å². The van der Waals surface area contributed by atoms with Gasteiger partial charge in [0.2, 0.25) is 15.9 Å². The molecule has 0 bridgehead atoms. The van der Waals surface area contributed by atoms with Crippen molar-refractivity contribution in [1.82, 2.24) is 9.62 Å². The van der Waals surface area contributed by atoms with Gasteiger partial charge in [-0.05, 0) is 81.0 Å². The number of nitrogens with one attached hydrogen (secondary N) is 2. The van der Waals surface area contributed by atoms with Crippen LogP contribution in [0, 0.1) is 17.5 Å². The first-order valence-corrected chi connectivity index (χ1v) is 16.6. The third kappa shape index (κ3) is 7.10. The molecule has 1 amide bonds. The molecular weight excluding hydrogens is 605 g/mol. The Morgan fingerprint density at radius 1 is 1.04 bits per heavy atom. The Kier molecular flexibility index (Phi) is 10.3. The number of carbonyl (C=O) groups is 1. The summed E-state index contributed by atoms with van der Waals surface area (Å²) in [7, 11) is -3.75. The molecule has 0 spiro atoms. The van der Waals surface area contributed by atoms with Crippen molar-refractivity contribution in [1.29, 1.82) is 0 Å². The van der Waals surface area contributed by atoms with Crippen molar-refractivity contribution in [2.24, 2.45) is 5.73 Å². The Bertz CT molecular complexity index is 1580. The van der Waals surface area contributed by atoms with Crippen LogP contribution in [0.4, 0.5) is 18.9 Å². The van der Waals surface area contributed by atoms with Crippen LogP contribution in [0.1, 0.15) is 43.7 Å². The van der Waals surface area contributed by atoms with E-state index in [0.29, 0.717) is 25.9 Å². The minimum absolute atomic E-state index is 0.225. The maximum absolute atomic E-state index is 15.2. The van der Waals surface area contributed by atoms with Crippen LogP contribution in [0.25, 0.3) is 0 Å². The molecule has 45 heavy (non-hydrogen) atoms. The van der Waals surface area contributed by atoms with Crippen molar-refractivity contribution in [3.8, 4) is 0 Å². The fourth-order valence-corrected chi connectivity index (χ4v) is 8.50. The number of rotatable bonds is 10. The number of carbonyl (C=O) groups excluding carboxylic acids is 1. The Labute approximate surface area is 262 Å². The van der Waals surface area contributed by atoms with E-state index in [4.69, 9.17) is 10.5 Å². The van der Waals surface area contributed by atoms with E-state index in [9.17, 15) is 22.0 Å². The van der Waals surface area contributed by atoms with Gasteiger partial charge in [0.1, 0.15) is 17.5 Å². The summed E-state index contributed by atoms with van der Waals surface area (Å²) in [4.78, 5) is 13.8. The second-order valence-electron chi connectivity index (χ2n) is 11.9. The topological polar surface area (TPSA) is 114 Å². The summed E-state index contributed by atoms with van der Waals surface area (Å²) in [5.41, 5.74) is 6.23. The van der Waals surface area contributed by atoms with Crippen LogP contribution in [0.3, 0.4) is 0 Å². The number of benzene rings is 3. The lowest BCUT2D eigenvalue weighted by Crippen LogP contribution is -2.58. The van der Waals surface area contributed by atoms with Crippen molar-refractivity contribution in [2.75, 3.05) is 31.6 Å². The first-order valence-electron chi connectivity index (χ1n) is 15.2. The van der Waals surface area contributed by atoms with Crippen LogP contribution in [-0.2, 0) is 31.4 Å². The van der Waals surface area contributed by atoms with Gasteiger partial charge in [-0.25, -0.2) is 21.6 Å². The summed E-state index contributed by atoms with van der Waals surface area (Å²) < 4.78 is 77.8. The fourth-order valence-electron chi connectivity index (χ4n) is 6.64. The van der Waals surface area contributed by atoms with Crippen molar-refractivity contribution in [3.05, 3.63) is 95.3 Å². The van der Waals surface area contributed by atoms with Gasteiger partial charge in [0.15, 0.2) is 0 Å². The van der Waals surface area contributed by atoms with Crippen LogP contribution in [0.2, 0.25) is 0 Å². The van der Waals surface area contributed by atoms with Gasteiger partial charge in [0, 0.05) is 61.1 Å². The first-order chi connectivity index (χ1) is 21.5. The van der Waals surface area contributed by atoms with Gasteiger partial charge >= 0.3 is 0 Å². The summed E-state index contributed by atoms with van der Waals surface area (Å²) in [5.74, 6) is -2.67. The molecule has 0 unspecified atom stereocenters. The number of nitrogens with two attached hydrogens (primary N) is 1. The maximum Gasteiger partial charge on any atom is 0.243 e. The molecule has 0 radical (unpaired) electrons. The highest BCUT2D eigenvalue weighted by atomic mass is 32.2. The van der Waals surface area contributed by atoms with Crippen molar-refractivity contribution in [3.63, 3.8) is 0 Å². The normalized spacial score (nSPS) is 21.3. The second kappa shape index (κ2) is 14.0. The molecule has 3 aromatic carbocycles. The van der Waals surface area contributed by atoms with Gasteiger partial charge in [-0.15, -0.1) is 0 Å². The third-order valence-electron chi connectivity index (χ3n) is 8.97. The highest BCUT2D eigenvalue weighted by Crippen LogP contribution is 2.39. The standard InChI is InChI=1S/C33H39F3N4O4S/c1-22-20-38-21-26(40(22)45(42,43)27-8-3-2-4-9-27)7-5-10-28-29(36)11-6-12-30(28)39-32(41)31(37)33(13-15-44-16-14-33)23-17-24(34)19-25(35)18-23/h2-4,6,8-9,11-12,17-19,22,26,31,38H,5,7,10,13-16,20-21,37H2,1H3,(H,39,41)/t22-,26+,31-/m1/s1. The summed E-state index contributed by atoms with van der Waals surface area (Å²) in [6.45, 7) is 3.35. The van der Waals surface area contributed by atoms with Gasteiger partial charge in [-0.1, -0.05) is 24.3 Å². The molecule has 0 aliphatic carbocycles. The van der Waals surface area contributed by atoms with Gasteiger partial charge < -0.3 is 21.1 Å². The molecule has 3 atom stereocenters. The number of nitrogens with zero attached hydrogens (tertiary/aromatic N) is 1. The third-order valence-corrected chi connectivity index (χ3v) is 11.1. The molecule has 4 N–H and O–H groups in total. The number of hydrogen-bond acceptors (Lipinski definition) is 6. The average Bonchev–Trinajstić information content (AvgIpc) is 3.02. The van der Waals surface area contributed by atoms with E-state index >= 15 is 4.39 Å².